The second-order valence-corrected chi connectivity index (χ2v) is 6.84. The number of carbonyl (C=O) groups is 1. The fourth-order valence-electron chi connectivity index (χ4n) is 0.990. The molecule has 0 radical (unpaired) electrons. The summed E-state index contributed by atoms with van der Waals surface area (Å²) < 4.78 is 20.9. The van der Waals surface area contributed by atoms with Crippen LogP contribution in [0.5, 0.6) is 0 Å². The Morgan fingerprint density at radius 3 is 2.35 bits per heavy atom. The summed E-state index contributed by atoms with van der Waals surface area (Å²) in [5.41, 5.74) is 0. The average Bonchev–Trinajstić information content (AvgIpc) is 2.38. The number of carbonyl (C=O) groups excluding carboxylic acids is 1. The minimum Gasteiger partial charge on any atom is -0.460 e. The summed E-state index contributed by atoms with van der Waals surface area (Å²) in [6, 6.07) is 1.94. The molecule has 0 fully saturated rings. The van der Waals surface area contributed by atoms with Crippen LogP contribution in [0.3, 0.4) is 0 Å². The molecular formula is C11H18NO5PS2. The molecule has 0 aliphatic carbocycles. The van der Waals surface area contributed by atoms with Crippen molar-refractivity contribution in [2.75, 3.05) is 25.6 Å². The van der Waals surface area contributed by atoms with Gasteiger partial charge in [-0.15, -0.1) is 11.8 Å². The van der Waals surface area contributed by atoms with Crippen molar-refractivity contribution in [1.82, 2.24) is 0 Å². The Bertz CT molecular complexity index is 412. The highest BCUT2D eigenvalue weighted by Gasteiger charge is 2.26. The molecule has 0 aliphatic rings. The number of nitriles is 1. The van der Waals surface area contributed by atoms with Gasteiger partial charge in [-0.05, 0) is 20.8 Å². The molecule has 0 spiro atoms. The van der Waals surface area contributed by atoms with Crippen molar-refractivity contribution >= 4 is 36.3 Å². The van der Waals surface area contributed by atoms with Gasteiger partial charge in [-0.2, -0.15) is 5.26 Å². The summed E-state index contributed by atoms with van der Waals surface area (Å²) in [7, 11) is 0. The Balaban J connectivity index is 5.01. The van der Waals surface area contributed by atoms with Crippen LogP contribution in [0, 0.1) is 11.3 Å². The maximum absolute atomic E-state index is 11.8. The van der Waals surface area contributed by atoms with E-state index in [9.17, 15) is 4.79 Å². The standard InChI is InChI=1S/C11H18NO5PS2/c1-4-14-11(13)10(9-20-8-7-12)17-18(19,15-5-2)16-6-3/h9H,4-6,8H2,1-3H3/b10-9+. The largest absolute Gasteiger partial charge is 0.460 e. The lowest BCUT2D eigenvalue weighted by Crippen LogP contribution is -2.11. The first-order valence-electron chi connectivity index (χ1n) is 5.97. The molecule has 0 aliphatic heterocycles. The monoisotopic (exact) mass is 339 g/mol. The Morgan fingerprint density at radius 1 is 1.30 bits per heavy atom. The maximum atomic E-state index is 11.8. The molecule has 0 aromatic carbocycles. The third-order valence-electron chi connectivity index (χ3n) is 1.60. The first-order valence-corrected chi connectivity index (χ1v) is 9.58. The highest BCUT2D eigenvalue weighted by Crippen LogP contribution is 2.51. The molecule has 114 valence electrons. The van der Waals surface area contributed by atoms with E-state index >= 15 is 0 Å². The van der Waals surface area contributed by atoms with Crippen LogP contribution in [0.25, 0.3) is 0 Å². The van der Waals surface area contributed by atoms with E-state index in [1.165, 1.54) is 5.41 Å². The van der Waals surface area contributed by atoms with Crippen LogP contribution in [-0.4, -0.2) is 31.5 Å². The van der Waals surface area contributed by atoms with Gasteiger partial charge >= 0.3 is 12.7 Å². The molecule has 0 rings (SSSR count). The van der Waals surface area contributed by atoms with Gasteiger partial charge in [0.15, 0.2) is 0 Å². The minimum absolute atomic E-state index is 0.0997. The Kier molecular flexibility index (Phi) is 10.8. The van der Waals surface area contributed by atoms with E-state index in [0.29, 0.717) is 13.2 Å². The van der Waals surface area contributed by atoms with Gasteiger partial charge in [-0.3, -0.25) is 9.05 Å². The third kappa shape index (κ3) is 7.88. The van der Waals surface area contributed by atoms with Crippen molar-refractivity contribution in [1.29, 1.82) is 5.26 Å². The van der Waals surface area contributed by atoms with E-state index in [2.05, 4.69) is 0 Å². The lowest BCUT2D eigenvalue weighted by Gasteiger charge is -2.21. The van der Waals surface area contributed by atoms with E-state index in [4.69, 9.17) is 35.4 Å². The van der Waals surface area contributed by atoms with Gasteiger partial charge < -0.3 is 9.26 Å². The molecule has 0 aromatic rings. The summed E-state index contributed by atoms with van der Waals surface area (Å²) >= 11 is 6.28. The zero-order chi connectivity index (χ0) is 15.4. The van der Waals surface area contributed by atoms with Crippen LogP contribution in [0.1, 0.15) is 20.8 Å². The van der Waals surface area contributed by atoms with Crippen molar-refractivity contribution in [2.45, 2.75) is 20.8 Å². The van der Waals surface area contributed by atoms with Crippen LogP contribution in [0.4, 0.5) is 0 Å². The predicted octanol–water partition coefficient (Wildman–Crippen LogP) is 2.96. The van der Waals surface area contributed by atoms with Gasteiger partial charge in [-0.1, -0.05) is 0 Å². The number of hydrogen-bond acceptors (Lipinski definition) is 8. The Morgan fingerprint density at radius 2 is 1.90 bits per heavy atom. The van der Waals surface area contributed by atoms with Gasteiger partial charge in [0, 0.05) is 17.2 Å². The zero-order valence-electron chi connectivity index (χ0n) is 11.7. The highest BCUT2D eigenvalue weighted by molar-refractivity contribution is 8.07. The van der Waals surface area contributed by atoms with Gasteiger partial charge in [0.25, 0.3) is 0 Å². The summed E-state index contributed by atoms with van der Waals surface area (Å²) in [5.74, 6) is -0.581. The second-order valence-electron chi connectivity index (χ2n) is 3.05. The van der Waals surface area contributed by atoms with Crippen molar-refractivity contribution < 1.29 is 23.1 Å². The first kappa shape index (κ1) is 19.4. The molecular weight excluding hydrogens is 321 g/mol. The molecule has 0 saturated carbocycles. The number of esters is 1. The van der Waals surface area contributed by atoms with Crippen molar-refractivity contribution in [3.8, 4) is 6.07 Å². The van der Waals surface area contributed by atoms with Gasteiger partial charge in [0.05, 0.1) is 31.6 Å². The molecule has 6 nitrogen and oxygen atoms in total. The molecule has 0 aromatic heterocycles. The molecule has 9 heteroatoms. The highest BCUT2D eigenvalue weighted by atomic mass is 32.5. The lowest BCUT2D eigenvalue weighted by molar-refractivity contribution is -0.141. The third-order valence-corrected chi connectivity index (χ3v) is 4.70. The van der Waals surface area contributed by atoms with Gasteiger partial charge in [0.1, 0.15) is 0 Å². The molecule has 0 unspecified atom stereocenters. The van der Waals surface area contributed by atoms with Gasteiger partial charge in [-0.25, -0.2) is 4.79 Å². The lowest BCUT2D eigenvalue weighted by atomic mass is 10.6. The quantitative estimate of drug-likeness (QED) is 0.198. The normalized spacial score (nSPS) is 11.8. The van der Waals surface area contributed by atoms with Crippen LogP contribution in [0.15, 0.2) is 11.2 Å². The zero-order valence-corrected chi connectivity index (χ0v) is 14.2. The molecule has 20 heavy (non-hydrogen) atoms. The second kappa shape index (κ2) is 11.1. The maximum Gasteiger partial charge on any atom is 0.380 e. The van der Waals surface area contributed by atoms with E-state index < -0.39 is 12.7 Å². The van der Waals surface area contributed by atoms with Crippen LogP contribution in [-0.2, 0) is 34.9 Å². The topological polar surface area (TPSA) is 77.8 Å². The smallest absolute Gasteiger partial charge is 0.380 e. The number of ether oxygens (including phenoxy) is 1. The Labute approximate surface area is 128 Å². The van der Waals surface area contributed by atoms with E-state index in [1.54, 1.807) is 20.8 Å². The predicted molar refractivity (Wildman–Crippen MR) is 81.4 cm³/mol. The SMILES string of the molecule is CCOC(=O)/C(=C\SCC#N)OP(=S)(OCC)OCC. The molecule has 0 saturated heterocycles. The molecule has 0 N–H and O–H groups in total. The fraction of sp³-hybridized carbons (Fsp3) is 0.636. The molecule has 0 heterocycles. The van der Waals surface area contributed by atoms with Crippen LogP contribution in [0.2, 0.25) is 0 Å². The summed E-state index contributed by atoms with van der Waals surface area (Å²) in [6.45, 7) is 2.96. The minimum atomic E-state index is -3.03. The summed E-state index contributed by atoms with van der Waals surface area (Å²) in [6.07, 6.45) is 0. The number of rotatable bonds is 10. The van der Waals surface area contributed by atoms with E-state index in [1.807, 2.05) is 6.07 Å². The fourth-order valence-corrected chi connectivity index (χ4v) is 3.57. The van der Waals surface area contributed by atoms with Gasteiger partial charge in [0.2, 0.25) is 5.76 Å². The van der Waals surface area contributed by atoms with Crippen LogP contribution >= 0.6 is 18.5 Å². The number of thioether (sulfide) groups is 1. The van der Waals surface area contributed by atoms with Crippen molar-refractivity contribution in [2.24, 2.45) is 0 Å². The molecule has 0 bridgehead atoms. The average molecular weight is 339 g/mol. The van der Waals surface area contributed by atoms with E-state index in [-0.39, 0.29) is 18.1 Å². The number of nitrogens with zero attached hydrogens (tertiary/aromatic N) is 1. The van der Waals surface area contributed by atoms with Crippen molar-refractivity contribution in [3.05, 3.63) is 11.2 Å². The van der Waals surface area contributed by atoms with Crippen LogP contribution < -0.4 is 0 Å². The van der Waals surface area contributed by atoms with E-state index in [0.717, 1.165) is 11.8 Å². The summed E-state index contributed by atoms with van der Waals surface area (Å²) in [4.78, 5) is 11.8. The summed E-state index contributed by atoms with van der Waals surface area (Å²) in [5, 5.41) is 9.89. The molecule has 0 amide bonds. The Hall–Kier alpha value is -0.580. The number of hydrogen-bond donors (Lipinski definition) is 0. The molecule has 0 atom stereocenters. The first-order chi connectivity index (χ1) is 9.52. The van der Waals surface area contributed by atoms with Crippen molar-refractivity contribution in [3.63, 3.8) is 0 Å².